The largest absolute Gasteiger partial charge is 0.379 e. The number of guanidine groups is 1. The number of likely N-dealkylation sites (N-methyl/N-ethyl adjacent to an activating group) is 1. The van der Waals surface area contributed by atoms with Crippen LogP contribution in [0, 0.1) is 17.8 Å². The number of likely N-dealkylation sites (tertiary alicyclic amines) is 1. The van der Waals surface area contributed by atoms with Crippen LogP contribution < -0.4 is 16.5 Å². The molecule has 1 aliphatic heterocycles. The average molecular weight is 819 g/mol. The summed E-state index contributed by atoms with van der Waals surface area (Å²) in [5.74, 6) is 3.96. The molecule has 1 fully saturated rings. The van der Waals surface area contributed by atoms with E-state index in [1.54, 1.807) is 38.0 Å². The van der Waals surface area contributed by atoms with Crippen LogP contribution in [0.3, 0.4) is 0 Å². The van der Waals surface area contributed by atoms with Crippen molar-refractivity contribution < 1.29 is 38.2 Å². The third-order valence-corrected chi connectivity index (χ3v) is 11.0. The number of methoxy groups -OCH3 is 2. The summed E-state index contributed by atoms with van der Waals surface area (Å²) >= 11 is 0. The van der Waals surface area contributed by atoms with E-state index in [4.69, 9.17) is 25.1 Å². The fourth-order valence-corrected chi connectivity index (χ4v) is 7.70. The Kier molecular flexibility index (Phi) is 22.2. The van der Waals surface area contributed by atoms with E-state index in [0.29, 0.717) is 18.9 Å². The molecular weight excluding hydrogens is 745 g/mol. The van der Waals surface area contributed by atoms with Crippen molar-refractivity contribution in [2.24, 2.45) is 28.6 Å². The highest BCUT2D eigenvalue weighted by atomic mass is 16.6. The third-order valence-electron chi connectivity index (χ3n) is 11.0. The van der Waals surface area contributed by atoms with Crippen molar-refractivity contribution in [2.75, 3.05) is 82.4 Å². The Morgan fingerprint density at radius 1 is 0.931 bits per heavy atom. The van der Waals surface area contributed by atoms with E-state index in [-0.39, 0.29) is 80.7 Å². The first kappa shape index (κ1) is 50.3. The van der Waals surface area contributed by atoms with Crippen molar-refractivity contribution in [1.82, 2.24) is 30.2 Å². The van der Waals surface area contributed by atoms with E-state index in [9.17, 15) is 19.2 Å². The molecule has 1 unspecified atom stereocenters. The highest BCUT2D eigenvalue weighted by Crippen LogP contribution is 2.30. The molecule has 4 N–H and O–H groups in total. The van der Waals surface area contributed by atoms with Gasteiger partial charge in [0.05, 0.1) is 56.5 Å². The summed E-state index contributed by atoms with van der Waals surface area (Å²) in [6.07, 6.45) is 1.21. The summed E-state index contributed by atoms with van der Waals surface area (Å²) in [7, 11) is 12.5. The Bertz CT molecular complexity index is 1420. The summed E-state index contributed by atoms with van der Waals surface area (Å²) in [5, 5.41) is 5.82. The Morgan fingerprint density at radius 2 is 1.59 bits per heavy atom. The molecule has 0 aromatic heterocycles. The highest BCUT2D eigenvalue weighted by Gasteiger charge is 2.43. The molecule has 1 aliphatic rings. The standard InChI is InChI=1S/C42H74N8O8/c1-13-29(4)37(49(10)41(54)36(28(2)3)46-42(47(6)7)48(8)9)34(55-11)27-35(51)50-22-17-20-33(50)38(56-12)30(5)39(52)45-32(26-31-18-15-14-16-19-31)40(53)44-21-23-57-24-25-58-43/h14-16,18-19,28-30,32-34,36-38H,13,17,20-27,43H2,1-12H3,(H,44,53)(H,45,52)/t29-,30+,32-,33-,34+,36?,37-,38+/m0/s1. The van der Waals surface area contributed by atoms with Crippen molar-refractivity contribution in [3.8, 4) is 0 Å². The molecular formula is C42H74N8O8. The van der Waals surface area contributed by atoms with Gasteiger partial charge in [0.15, 0.2) is 5.96 Å². The van der Waals surface area contributed by atoms with Gasteiger partial charge in [0.2, 0.25) is 23.6 Å². The Hall–Kier alpha value is -3.83. The Morgan fingerprint density at radius 3 is 2.14 bits per heavy atom. The molecule has 2 rings (SSSR count). The lowest BCUT2D eigenvalue weighted by molar-refractivity contribution is -0.146. The van der Waals surface area contributed by atoms with Gasteiger partial charge in [-0.15, -0.1) is 0 Å². The lowest BCUT2D eigenvalue weighted by atomic mass is 9.89. The van der Waals surface area contributed by atoms with Gasteiger partial charge >= 0.3 is 0 Å². The van der Waals surface area contributed by atoms with Crippen LogP contribution in [-0.2, 0) is 44.6 Å². The van der Waals surface area contributed by atoms with Gasteiger partial charge in [-0.1, -0.05) is 71.4 Å². The minimum Gasteiger partial charge on any atom is -0.379 e. The molecule has 330 valence electrons. The Labute approximate surface area is 347 Å². The monoisotopic (exact) mass is 819 g/mol. The van der Waals surface area contributed by atoms with Gasteiger partial charge in [-0.25, -0.2) is 10.9 Å². The van der Waals surface area contributed by atoms with E-state index in [1.165, 1.54) is 0 Å². The molecule has 1 aromatic carbocycles. The Balaban J connectivity index is 2.29. The first-order valence-corrected chi connectivity index (χ1v) is 20.6. The lowest BCUT2D eigenvalue weighted by Gasteiger charge is -2.40. The number of carbonyl (C=O) groups is 4. The zero-order valence-corrected chi connectivity index (χ0v) is 37.2. The summed E-state index contributed by atoms with van der Waals surface area (Å²) in [4.78, 5) is 72.6. The number of benzene rings is 1. The highest BCUT2D eigenvalue weighted by molar-refractivity contribution is 5.89. The minimum atomic E-state index is -0.860. The van der Waals surface area contributed by atoms with Crippen molar-refractivity contribution in [3.63, 3.8) is 0 Å². The first-order valence-electron chi connectivity index (χ1n) is 20.6. The maximum atomic E-state index is 14.3. The smallest absolute Gasteiger partial charge is 0.247 e. The van der Waals surface area contributed by atoms with Crippen LogP contribution >= 0.6 is 0 Å². The molecule has 0 saturated carbocycles. The third kappa shape index (κ3) is 14.8. The van der Waals surface area contributed by atoms with E-state index < -0.39 is 36.3 Å². The number of nitrogens with zero attached hydrogens (tertiary/aromatic N) is 5. The molecule has 0 spiro atoms. The van der Waals surface area contributed by atoms with Crippen LogP contribution in [0.15, 0.2) is 35.3 Å². The summed E-state index contributed by atoms with van der Waals surface area (Å²) in [5.41, 5.74) is 0.887. The lowest BCUT2D eigenvalue weighted by Crippen LogP contribution is -2.55. The summed E-state index contributed by atoms with van der Waals surface area (Å²) < 4.78 is 17.5. The first-order chi connectivity index (χ1) is 27.5. The van der Waals surface area contributed by atoms with Crippen LogP contribution in [-0.4, -0.2) is 168 Å². The molecule has 58 heavy (non-hydrogen) atoms. The molecule has 8 atom stereocenters. The summed E-state index contributed by atoms with van der Waals surface area (Å²) in [6, 6.07) is 7.17. The van der Waals surface area contributed by atoms with Gasteiger partial charge in [0, 0.05) is 69.0 Å². The fourth-order valence-electron chi connectivity index (χ4n) is 7.70. The molecule has 0 bridgehead atoms. The van der Waals surface area contributed by atoms with Crippen molar-refractivity contribution in [1.29, 1.82) is 0 Å². The zero-order valence-electron chi connectivity index (χ0n) is 37.2. The van der Waals surface area contributed by atoms with Crippen LogP contribution in [0.25, 0.3) is 0 Å². The molecule has 0 aliphatic carbocycles. The van der Waals surface area contributed by atoms with E-state index in [1.807, 2.05) is 82.2 Å². The topological polar surface area (TPSA) is 181 Å². The zero-order chi connectivity index (χ0) is 43.5. The molecule has 16 nitrogen and oxygen atoms in total. The molecule has 0 radical (unpaired) electrons. The summed E-state index contributed by atoms with van der Waals surface area (Å²) in [6.45, 7) is 11.4. The van der Waals surface area contributed by atoms with Gasteiger partial charge in [-0.2, -0.15) is 0 Å². The predicted molar refractivity (Wildman–Crippen MR) is 226 cm³/mol. The van der Waals surface area contributed by atoms with Crippen LogP contribution in [0.4, 0.5) is 0 Å². The van der Waals surface area contributed by atoms with E-state index in [2.05, 4.69) is 29.3 Å². The number of amides is 4. The van der Waals surface area contributed by atoms with E-state index >= 15 is 0 Å². The number of hydrogen-bond donors (Lipinski definition) is 3. The van der Waals surface area contributed by atoms with Gasteiger partial charge in [-0.05, 0) is 30.2 Å². The van der Waals surface area contributed by atoms with Crippen molar-refractivity contribution >= 4 is 29.6 Å². The second kappa shape index (κ2) is 25.6. The second-order valence-electron chi connectivity index (χ2n) is 16.0. The normalized spacial score (nSPS) is 17.7. The van der Waals surface area contributed by atoms with Gasteiger partial charge in [-0.3, -0.25) is 19.2 Å². The average Bonchev–Trinajstić information content (AvgIpc) is 3.68. The van der Waals surface area contributed by atoms with Crippen molar-refractivity contribution in [2.45, 2.75) is 103 Å². The number of nitrogens with one attached hydrogen (secondary N) is 2. The molecule has 1 aromatic rings. The number of aliphatic imine (C=N–C) groups is 1. The molecule has 1 saturated heterocycles. The molecule has 4 amide bonds. The minimum absolute atomic E-state index is 0.00907. The molecule has 1 heterocycles. The number of carbonyl (C=O) groups excluding carboxylic acids is 4. The number of rotatable bonds is 24. The quantitative estimate of drug-likeness (QED) is 0.0603. The molecule has 16 heteroatoms. The second-order valence-corrected chi connectivity index (χ2v) is 16.0. The predicted octanol–water partition coefficient (Wildman–Crippen LogP) is 2.16. The van der Waals surface area contributed by atoms with Gasteiger partial charge < -0.3 is 49.3 Å². The van der Waals surface area contributed by atoms with Gasteiger partial charge in [0.25, 0.3) is 0 Å². The maximum Gasteiger partial charge on any atom is 0.247 e. The number of ether oxygens (including phenoxy) is 3. The fraction of sp³-hybridized carbons (Fsp3) is 0.738. The SMILES string of the molecule is CC[C@H](C)[C@@H]([C@@H](CC(=O)N1CCC[C@H]1[C@H](OC)[C@@H](C)C(=O)N[C@@H](Cc1ccccc1)C(=O)NCCOCCON)OC)N(C)C(=O)C(N=C(N(C)C)N(C)C)C(C)C. The maximum absolute atomic E-state index is 14.3. The van der Waals surface area contributed by atoms with Gasteiger partial charge in [0.1, 0.15) is 12.1 Å². The van der Waals surface area contributed by atoms with Crippen LogP contribution in [0.1, 0.15) is 65.9 Å². The van der Waals surface area contributed by atoms with E-state index in [0.717, 1.165) is 18.4 Å². The van der Waals surface area contributed by atoms with Crippen molar-refractivity contribution in [3.05, 3.63) is 35.9 Å². The number of nitrogens with two attached hydrogens (primary N) is 1. The van der Waals surface area contributed by atoms with Crippen LogP contribution in [0.5, 0.6) is 0 Å². The number of hydrogen-bond acceptors (Lipinski definition) is 10. The van der Waals surface area contributed by atoms with Crippen LogP contribution in [0.2, 0.25) is 0 Å².